The van der Waals surface area contributed by atoms with Crippen molar-refractivity contribution in [3.8, 4) is 0 Å². The number of nitrogens with one attached hydrogen (secondary N) is 1. The Hall–Kier alpha value is -1.99. The summed E-state index contributed by atoms with van der Waals surface area (Å²) in [6.07, 6.45) is 0.0768. The third-order valence-electron chi connectivity index (χ3n) is 4.38. The fraction of sp³-hybridized carbons (Fsp3) is 0.500. The average molecular weight is 360 g/mol. The van der Waals surface area contributed by atoms with Crippen LogP contribution in [0.4, 0.5) is 9.93 Å². The lowest BCUT2D eigenvalue weighted by Crippen LogP contribution is -2.49. The summed E-state index contributed by atoms with van der Waals surface area (Å²) in [6.45, 7) is 9.33. The summed E-state index contributed by atoms with van der Waals surface area (Å²) in [4.78, 5) is 14.3. The van der Waals surface area contributed by atoms with E-state index in [1.807, 2.05) is 32.0 Å². The minimum absolute atomic E-state index is 0.0384. The molecule has 1 aliphatic heterocycles. The second kappa shape index (κ2) is 7.09. The highest BCUT2D eigenvalue weighted by Gasteiger charge is 2.29. The summed E-state index contributed by atoms with van der Waals surface area (Å²) in [5.74, 6) is 0. The second-order valence-electron chi connectivity index (χ2n) is 7.00. The molecule has 1 saturated heterocycles. The van der Waals surface area contributed by atoms with Crippen molar-refractivity contribution >= 4 is 22.5 Å². The molecule has 7 heteroatoms. The van der Waals surface area contributed by atoms with E-state index >= 15 is 0 Å². The lowest BCUT2D eigenvalue weighted by Gasteiger charge is -2.34. The average Bonchev–Trinajstić information content (AvgIpc) is 3.04. The van der Waals surface area contributed by atoms with Crippen molar-refractivity contribution in [1.82, 2.24) is 15.1 Å². The van der Waals surface area contributed by atoms with Gasteiger partial charge in [0.2, 0.25) is 5.13 Å². The number of carbonyl (C=O) groups is 1. The number of urea groups is 1. The molecule has 134 valence electrons. The van der Waals surface area contributed by atoms with Crippen LogP contribution in [0.1, 0.15) is 38.3 Å². The largest absolute Gasteiger partial charge is 0.372 e. The van der Waals surface area contributed by atoms with Crippen LogP contribution < -0.4 is 5.32 Å². The number of amides is 2. The van der Waals surface area contributed by atoms with E-state index in [0.29, 0.717) is 18.2 Å². The maximum atomic E-state index is 12.5. The fourth-order valence-electron chi connectivity index (χ4n) is 3.02. The van der Waals surface area contributed by atoms with Crippen LogP contribution in [0, 0.1) is 0 Å². The van der Waals surface area contributed by atoms with Gasteiger partial charge in [-0.25, -0.2) is 4.79 Å². The molecule has 2 atom stereocenters. The number of hydrogen-bond acceptors (Lipinski definition) is 5. The van der Waals surface area contributed by atoms with E-state index in [1.54, 1.807) is 4.90 Å². The second-order valence-corrected chi connectivity index (χ2v) is 7.97. The summed E-state index contributed by atoms with van der Waals surface area (Å²) < 4.78 is 5.67. The highest BCUT2D eigenvalue weighted by atomic mass is 32.1. The van der Waals surface area contributed by atoms with Gasteiger partial charge in [-0.2, -0.15) is 0 Å². The highest BCUT2D eigenvalue weighted by Crippen LogP contribution is 2.34. The Bertz CT molecular complexity index is 722. The van der Waals surface area contributed by atoms with Crippen LogP contribution in [0.2, 0.25) is 0 Å². The molecule has 2 amide bonds. The Morgan fingerprint density at radius 1 is 1.20 bits per heavy atom. The number of rotatable bonds is 3. The number of carbonyl (C=O) groups excluding carboxylic acids is 1. The molecule has 2 unspecified atom stereocenters. The summed E-state index contributed by atoms with van der Waals surface area (Å²) >= 11 is 1.42. The van der Waals surface area contributed by atoms with Crippen molar-refractivity contribution in [2.24, 2.45) is 0 Å². The van der Waals surface area contributed by atoms with Gasteiger partial charge in [0.05, 0.1) is 12.2 Å². The summed E-state index contributed by atoms with van der Waals surface area (Å²) in [6, 6.07) is 10.0. The third-order valence-corrected chi connectivity index (χ3v) is 5.54. The van der Waals surface area contributed by atoms with Gasteiger partial charge in [-0.15, -0.1) is 10.2 Å². The summed E-state index contributed by atoms with van der Waals surface area (Å²) in [5, 5.41) is 12.7. The minimum atomic E-state index is -0.260. The van der Waals surface area contributed by atoms with Crippen molar-refractivity contribution in [2.45, 2.75) is 45.3 Å². The van der Waals surface area contributed by atoms with Gasteiger partial charge in [-0.1, -0.05) is 41.7 Å². The SMILES string of the molecule is CC1CN(C(=O)Nc2nnc(C(C)(C)c3ccccc3)s2)CC(C)O1. The molecule has 6 nitrogen and oxygen atoms in total. The van der Waals surface area contributed by atoms with E-state index < -0.39 is 0 Å². The van der Waals surface area contributed by atoms with Gasteiger partial charge in [0.1, 0.15) is 5.01 Å². The van der Waals surface area contributed by atoms with E-state index in [0.717, 1.165) is 5.01 Å². The van der Waals surface area contributed by atoms with Gasteiger partial charge in [0, 0.05) is 18.5 Å². The molecule has 1 aromatic heterocycles. The van der Waals surface area contributed by atoms with Gasteiger partial charge in [0.25, 0.3) is 0 Å². The number of hydrogen-bond donors (Lipinski definition) is 1. The van der Waals surface area contributed by atoms with Crippen LogP contribution in [0.3, 0.4) is 0 Å². The molecule has 1 fully saturated rings. The van der Waals surface area contributed by atoms with Crippen LogP contribution in [0.25, 0.3) is 0 Å². The van der Waals surface area contributed by atoms with Crippen LogP contribution in [0.15, 0.2) is 30.3 Å². The fourth-order valence-corrected chi connectivity index (χ4v) is 3.88. The number of ether oxygens (including phenoxy) is 1. The number of benzene rings is 1. The summed E-state index contributed by atoms with van der Waals surface area (Å²) in [7, 11) is 0. The lowest BCUT2D eigenvalue weighted by atomic mass is 9.85. The van der Waals surface area contributed by atoms with E-state index in [2.05, 4.69) is 41.5 Å². The molecular weight excluding hydrogens is 336 g/mol. The third kappa shape index (κ3) is 3.99. The first-order valence-corrected chi connectivity index (χ1v) is 9.29. The Kier molecular flexibility index (Phi) is 5.06. The number of nitrogens with zero attached hydrogens (tertiary/aromatic N) is 3. The highest BCUT2D eigenvalue weighted by molar-refractivity contribution is 7.15. The normalized spacial score (nSPS) is 21.2. The van der Waals surface area contributed by atoms with Crippen molar-refractivity contribution in [2.75, 3.05) is 18.4 Å². The topological polar surface area (TPSA) is 67.4 Å². The van der Waals surface area contributed by atoms with Gasteiger partial charge in [0.15, 0.2) is 0 Å². The van der Waals surface area contributed by atoms with E-state index in [1.165, 1.54) is 16.9 Å². The number of morpholine rings is 1. The van der Waals surface area contributed by atoms with Crippen LogP contribution in [-0.2, 0) is 10.2 Å². The van der Waals surface area contributed by atoms with Gasteiger partial charge >= 0.3 is 6.03 Å². The van der Waals surface area contributed by atoms with Crippen LogP contribution in [-0.4, -0.2) is 46.4 Å². The predicted molar refractivity (Wildman–Crippen MR) is 99.1 cm³/mol. The Labute approximate surface area is 152 Å². The maximum Gasteiger partial charge on any atom is 0.323 e. The lowest BCUT2D eigenvalue weighted by molar-refractivity contribution is -0.0530. The first kappa shape index (κ1) is 17.8. The molecule has 0 spiro atoms. The zero-order valence-electron chi connectivity index (χ0n) is 15.0. The first-order chi connectivity index (χ1) is 11.9. The van der Waals surface area contributed by atoms with E-state index in [-0.39, 0.29) is 23.7 Å². The molecule has 2 heterocycles. The number of aromatic nitrogens is 2. The molecule has 0 radical (unpaired) electrons. The van der Waals surface area contributed by atoms with Crippen molar-refractivity contribution < 1.29 is 9.53 Å². The summed E-state index contributed by atoms with van der Waals surface area (Å²) in [5.41, 5.74) is 0.907. The first-order valence-electron chi connectivity index (χ1n) is 8.47. The van der Waals surface area contributed by atoms with Crippen molar-refractivity contribution in [3.05, 3.63) is 40.9 Å². The Balaban J connectivity index is 1.70. The zero-order valence-corrected chi connectivity index (χ0v) is 15.8. The van der Waals surface area contributed by atoms with Crippen LogP contribution in [0.5, 0.6) is 0 Å². The van der Waals surface area contributed by atoms with Crippen molar-refractivity contribution in [1.29, 1.82) is 0 Å². The van der Waals surface area contributed by atoms with Gasteiger partial charge in [-0.3, -0.25) is 5.32 Å². The van der Waals surface area contributed by atoms with Crippen molar-refractivity contribution in [3.63, 3.8) is 0 Å². The van der Waals surface area contributed by atoms with Gasteiger partial charge in [-0.05, 0) is 33.3 Å². The van der Waals surface area contributed by atoms with E-state index in [9.17, 15) is 4.79 Å². The molecule has 1 aromatic carbocycles. The quantitative estimate of drug-likeness (QED) is 0.910. The molecule has 0 saturated carbocycles. The zero-order chi connectivity index (χ0) is 18.0. The van der Waals surface area contributed by atoms with Crippen LogP contribution >= 0.6 is 11.3 Å². The number of anilines is 1. The molecule has 2 aromatic rings. The van der Waals surface area contributed by atoms with Gasteiger partial charge < -0.3 is 9.64 Å². The molecule has 0 bridgehead atoms. The monoisotopic (exact) mass is 360 g/mol. The molecule has 0 aliphatic carbocycles. The molecule has 25 heavy (non-hydrogen) atoms. The molecule has 1 aliphatic rings. The predicted octanol–water partition coefficient (Wildman–Crippen LogP) is 3.51. The smallest absolute Gasteiger partial charge is 0.323 e. The Morgan fingerprint density at radius 2 is 1.84 bits per heavy atom. The molecular formula is C18H24N4O2S. The molecule has 3 rings (SSSR count). The standard InChI is InChI=1S/C18H24N4O2S/c1-12-10-22(11-13(2)24-12)17(23)19-16-21-20-15(25-16)18(3,4)14-8-6-5-7-9-14/h5-9,12-13H,10-11H2,1-4H3,(H,19,21,23). The van der Waals surface area contributed by atoms with E-state index in [4.69, 9.17) is 4.74 Å². The maximum absolute atomic E-state index is 12.5. The minimum Gasteiger partial charge on any atom is -0.372 e. The Morgan fingerprint density at radius 3 is 2.48 bits per heavy atom. The molecule has 1 N–H and O–H groups in total.